The largest absolute Gasteiger partial charge is 0.370 e. The molecule has 0 atom stereocenters. The maximum absolute atomic E-state index is 6.47. The summed E-state index contributed by atoms with van der Waals surface area (Å²) in [6, 6.07) is 14.0. The molecule has 0 saturated carbocycles. The standard InChI is InChI=1S/C19H16Cl2IN3/c20-12-4-9-15(17(21)11-12)18-16-3-1-2-10-23-19(16)25(24-18)14-7-5-13(22)6-8-14/h4-9,11,23H,1-3,10H2. The SMILES string of the molecule is Clc1ccc(-c2nn(-c3ccc(I)cc3)c3c2CCCCN3)c(Cl)c1. The van der Waals surface area contributed by atoms with Crippen LogP contribution >= 0.6 is 45.8 Å². The Labute approximate surface area is 170 Å². The highest BCUT2D eigenvalue weighted by molar-refractivity contribution is 14.1. The first-order valence-corrected chi connectivity index (χ1v) is 10.0. The monoisotopic (exact) mass is 483 g/mol. The molecule has 25 heavy (non-hydrogen) atoms. The Morgan fingerprint density at radius 2 is 1.84 bits per heavy atom. The third-order valence-corrected chi connectivity index (χ3v) is 5.65. The number of nitrogens with one attached hydrogen (secondary N) is 1. The van der Waals surface area contributed by atoms with Gasteiger partial charge in [-0.05, 0) is 84.3 Å². The molecule has 0 aliphatic carbocycles. The Balaban J connectivity index is 1.91. The molecule has 0 saturated heterocycles. The lowest BCUT2D eigenvalue weighted by Crippen LogP contribution is -2.07. The lowest BCUT2D eigenvalue weighted by Gasteiger charge is -2.09. The predicted octanol–water partition coefficient (Wildman–Crippen LogP) is 6.20. The molecule has 3 nitrogen and oxygen atoms in total. The fraction of sp³-hybridized carbons (Fsp3) is 0.211. The maximum atomic E-state index is 6.47. The van der Waals surface area contributed by atoms with Crippen molar-refractivity contribution in [3.63, 3.8) is 0 Å². The maximum Gasteiger partial charge on any atom is 0.133 e. The third-order valence-electron chi connectivity index (χ3n) is 4.39. The van der Waals surface area contributed by atoms with Gasteiger partial charge in [-0.3, -0.25) is 0 Å². The van der Waals surface area contributed by atoms with Crippen molar-refractivity contribution in [2.45, 2.75) is 19.3 Å². The number of hydrogen-bond donors (Lipinski definition) is 1. The van der Waals surface area contributed by atoms with E-state index in [9.17, 15) is 0 Å². The highest BCUT2D eigenvalue weighted by Crippen LogP contribution is 2.37. The summed E-state index contributed by atoms with van der Waals surface area (Å²) >= 11 is 14.8. The molecule has 1 aromatic heterocycles. The second-order valence-electron chi connectivity index (χ2n) is 6.07. The van der Waals surface area contributed by atoms with Crippen molar-refractivity contribution in [2.75, 3.05) is 11.9 Å². The van der Waals surface area contributed by atoms with E-state index in [-0.39, 0.29) is 0 Å². The number of anilines is 1. The topological polar surface area (TPSA) is 29.9 Å². The molecule has 0 bridgehead atoms. The van der Waals surface area contributed by atoms with Crippen molar-refractivity contribution >= 4 is 51.6 Å². The van der Waals surface area contributed by atoms with E-state index in [2.05, 4.69) is 52.2 Å². The van der Waals surface area contributed by atoms with Crippen LogP contribution in [0, 0.1) is 3.57 Å². The lowest BCUT2D eigenvalue weighted by molar-refractivity contribution is 0.780. The Hall–Kier alpha value is -1.24. The third kappa shape index (κ3) is 3.39. The van der Waals surface area contributed by atoms with Crippen LogP contribution in [0.5, 0.6) is 0 Å². The van der Waals surface area contributed by atoms with Gasteiger partial charge in [0.2, 0.25) is 0 Å². The summed E-state index contributed by atoms with van der Waals surface area (Å²) in [4.78, 5) is 0. The summed E-state index contributed by atoms with van der Waals surface area (Å²) < 4.78 is 3.20. The van der Waals surface area contributed by atoms with Gasteiger partial charge >= 0.3 is 0 Å². The number of aromatic nitrogens is 2. The van der Waals surface area contributed by atoms with Gasteiger partial charge in [-0.25, -0.2) is 4.68 Å². The molecule has 2 aromatic carbocycles. The first-order chi connectivity index (χ1) is 12.1. The molecule has 1 aliphatic rings. The molecule has 0 spiro atoms. The minimum atomic E-state index is 0.631. The Morgan fingerprint density at radius 1 is 1.04 bits per heavy atom. The van der Waals surface area contributed by atoms with Crippen LogP contribution in [0.25, 0.3) is 16.9 Å². The minimum Gasteiger partial charge on any atom is -0.370 e. The molecule has 4 rings (SSSR count). The second kappa shape index (κ2) is 7.17. The summed E-state index contributed by atoms with van der Waals surface area (Å²) in [7, 11) is 0. The quantitative estimate of drug-likeness (QED) is 0.440. The number of nitrogens with zero attached hydrogens (tertiary/aromatic N) is 2. The van der Waals surface area contributed by atoms with Crippen LogP contribution in [0.2, 0.25) is 10.0 Å². The molecule has 0 fully saturated rings. The molecule has 0 unspecified atom stereocenters. The van der Waals surface area contributed by atoms with E-state index in [1.54, 1.807) is 6.07 Å². The van der Waals surface area contributed by atoms with Gasteiger partial charge in [0.05, 0.1) is 16.4 Å². The number of halogens is 3. The Morgan fingerprint density at radius 3 is 2.60 bits per heavy atom. The summed E-state index contributed by atoms with van der Waals surface area (Å²) in [6.45, 7) is 0.955. The van der Waals surface area contributed by atoms with Crippen LogP contribution in [0.1, 0.15) is 18.4 Å². The first kappa shape index (κ1) is 17.2. The van der Waals surface area contributed by atoms with E-state index >= 15 is 0 Å². The van der Waals surface area contributed by atoms with E-state index in [1.807, 2.05) is 16.8 Å². The highest BCUT2D eigenvalue weighted by atomic mass is 127. The number of hydrogen-bond acceptors (Lipinski definition) is 2. The highest BCUT2D eigenvalue weighted by Gasteiger charge is 2.23. The van der Waals surface area contributed by atoms with Crippen molar-refractivity contribution in [1.82, 2.24) is 9.78 Å². The van der Waals surface area contributed by atoms with Gasteiger partial charge in [0.15, 0.2) is 0 Å². The molecule has 6 heteroatoms. The van der Waals surface area contributed by atoms with Crippen molar-refractivity contribution < 1.29 is 0 Å². The van der Waals surface area contributed by atoms with E-state index in [1.165, 1.54) is 9.13 Å². The number of rotatable bonds is 2. The molecule has 0 amide bonds. The fourth-order valence-corrected chi connectivity index (χ4v) is 4.03. The summed E-state index contributed by atoms with van der Waals surface area (Å²) in [5.41, 5.74) is 4.13. The fourth-order valence-electron chi connectivity index (χ4n) is 3.17. The molecule has 128 valence electrons. The average molecular weight is 484 g/mol. The minimum absolute atomic E-state index is 0.631. The zero-order valence-electron chi connectivity index (χ0n) is 13.4. The van der Waals surface area contributed by atoms with Gasteiger partial charge in [-0.2, -0.15) is 5.10 Å². The zero-order valence-corrected chi connectivity index (χ0v) is 17.1. The van der Waals surface area contributed by atoms with Crippen LogP contribution in [-0.2, 0) is 6.42 Å². The van der Waals surface area contributed by atoms with E-state index < -0.39 is 0 Å². The smallest absolute Gasteiger partial charge is 0.133 e. The van der Waals surface area contributed by atoms with Crippen molar-refractivity contribution in [2.24, 2.45) is 0 Å². The first-order valence-electron chi connectivity index (χ1n) is 8.20. The van der Waals surface area contributed by atoms with Gasteiger partial charge in [0.25, 0.3) is 0 Å². The van der Waals surface area contributed by atoms with Gasteiger partial charge < -0.3 is 5.32 Å². The summed E-state index contributed by atoms with van der Waals surface area (Å²) in [5.74, 6) is 1.07. The number of benzene rings is 2. The Kier molecular flexibility index (Phi) is 4.93. The van der Waals surface area contributed by atoms with E-state index in [4.69, 9.17) is 28.3 Å². The molecule has 2 heterocycles. The lowest BCUT2D eigenvalue weighted by atomic mass is 10.0. The van der Waals surface area contributed by atoms with Crippen LogP contribution < -0.4 is 5.32 Å². The second-order valence-corrected chi connectivity index (χ2v) is 8.16. The molecule has 1 N–H and O–H groups in total. The summed E-state index contributed by atoms with van der Waals surface area (Å²) in [6.07, 6.45) is 3.27. The van der Waals surface area contributed by atoms with Crippen molar-refractivity contribution in [1.29, 1.82) is 0 Å². The van der Waals surface area contributed by atoms with Gasteiger partial charge in [0, 0.05) is 26.3 Å². The predicted molar refractivity (Wildman–Crippen MR) is 113 cm³/mol. The number of fused-ring (bicyclic) bond motifs is 1. The van der Waals surface area contributed by atoms with Gasteiger partial charge in [-0.15, -0.1) is 0 Å². The van der Waals surface area contributed by atoms with Crippen LogP contribution in [-0.4, -0.2) is 16.3 Å². The molecule has 3 aromatic rings. The zero-order chi connectivity index (χ0) is 17.4. The van der Waals surface area contributed by atoms with Gasteiger partial charge in [-0.1, -0.05) is 23.2 Å². The molecular formula is C19H16Cl2IN3. The van der Waals surface area contributed by atoms with Crippen LogP contribution in [0.3, 0.4) is 0 Å². The molecule has 1 aliphatic heterocycles. The Bertz CT molecular complexity index is 919. The molecule has 0 radical (unpaired) electrons. The molecular weight excluding hydrogens is 468 g/mol. The van der Waals surface area contributed by atoms with Crippen molar-refractivity contribution in [3.8, 4) is 16.9 Å². The van der Waals surface area contributed by atoms with E-state index in [0.717, 1.165) is 48.6 Å². The average Bonchev–Trinajstić information content (AvgIpc) is 2.78. The normalized spacial score (nSPS) is 13.9. The van der Waals surface area contributed by atoms with E-state index in [0.29, 0.717) is 10.0 Å². The van der Waals surface area contributed by atoms with Crippen LogP contribution in [0.4, 0.5) is 5.82 Å². The summed E-state index contributed by atoms with van der Waals surface area (Å²) in [5, 5.41) is 9.74. The van der Waals surface area contributed by atoms with Crippen LogP contribution in [0.15, 0.2) is 42.5 Å². The van der Waals surface area contributed by atoms with Crippen molar-refractivity contribution in [3.05, 3.63) is 61.6 Å². The van der Waals surface area contributed by atoms with Gasteiger partial charge in [0.1, 0.15) is 5.82 Å².